The van der Waals surface area contributed by atoms with Gasteiger partial charge in [-0.15, -0.1) is 5.10 Å². The number of ether oxygens (including phenoxy) is 2. The number of hydrogen-bond acceptors (Lipinski definition) is 8. The van der Waals surface area contributed by atoms with Crippen molar-refractivity contribution in [1.29, 1.82) is 0 Å². The normalized spacial score (nSPS) is 11.4. The quantitative estimate of drug-likeness (QED) is 0.638. The minimum Gasteiger partial charge on any atom is -0.481 e. The summed E-state index contributed by atoms with van der Waals surface area (Å²) in [6.45, 7) is 1.70. The fourth-order valence-electron chi connectivity index (χ4n) is 2.28. The highest BCUT2D eigenvalue weighted by molar-refractivity contribution is 7.92. The van der Waals surface area contributed by atoms with Gasteiger partial charge in [-0.3, -0.25) is 4.72 Å². The van der Waals surface area contributed by atoms with E-state index in [4.69, 9.17) is 4.74 Å². The van der Waals surface area contributed by atoms with E-state index >= 15 is 0 Å². The number of fused-ring (bicyclic) bond motifs is 1. The van der Waals surface area contributed by atoms with Crippen LogP contribution in [0.15, 0.2) is 29.6 Å². The first-order chi connectivity index (χ1) is 12.8. The second-order valence-corrected chi connectivity index (χ2v) is 6.91. The van der Waals surface area contributed by atoms with Crippen LogP contribution in [0.2, 0.25) is 0 Å². The Bertz CT molecular complexity index is 1140. The summed E-state index contributed by atoms with van der Waals surface area (Å²) in [6.07, 6.45) is 1.48. The van der Waals surface area contributed by atoms with Crippen molar-refractivity contribution in [2.45, 2.75) is 12.1 Å². The standard InChI is InChI=1S/C15H14FN5O5S/c1-8-7-21-14(17-12(8)25-2)18-15(19-21)27(23,24)20-11-9(13(22)26-3)5-4-6-10(11)16/h4-7,20H,1-3H3. The van der Waals surface area contributed by atoms with Gasteiger partial charge in [0.1, 0.15) is 5.82 Å². The lowest BCUT2D eigenvalue weighted by Gasteiger charge is -2.10. The summed E-state index contributed by atoms with van der Waals surface area (Å²) in [4.78, 5) is 19.6. The van der Waals surface area contributed by atoms with Crippen LogP contribution in [0.3, 0.4) is 0 Å². The van der Waals surface area contributed by atoms with E-state index < -0.39 is 32.7 Å². The lowest BCUT2D eigenvalue weighted by Crippen LogP contribution is -2.18. The third kappa shape index (κ3) is 3.38. The lowest BCUT2D eigenvalue weighted by molar-refractivity contribution is 0.0601. The van der Waals surface area contributed by atoms with Gasteiger partial charge in [0.05, 0.1) is 25.5 Å². The predicted octanol–water partition coefficient (Wildman–Crippen LogP) is 1.17. The number of esters is 1. The van der Waals surface area contributed by atoms with Crippen molar-refractivity contribution in [1.82, 2.24) is 19.6 Å². The van der Waals surface area contributed by atoms with Crippen LogP contribution in [-0.4, -0.2) is 48.2 Å². The molecule has 0 aliphatic carbocycles. The predicted molar refractivity (Wildman–Crippen MR) is 90.6 cm³/mol. The molecule has 10 nitrogen and oxygen atoms in total. The van der Waals surface area contributed by atoms with Crippen LogP contribution in [-0.2, 0) is 14.8 Å². The molecule has 1 aromatic carbocycles. The van der Waals surface area contributed by atoms with Crippen LogP contribution < -0.4 is 9.46 Å². The molecule has 12 heteroatoms. The van der Waals surface area contributed by atoms with E-state index in [2.05, 4.69) is 19.8 Å². The fourth-order valence-corrected chi connectivity index (χ4v) is 3.25. The second-order valence-electron chi connectivity index (χ2n) is 5.33. The van der Waals surface area contributed by atoms with E-state index in [9.17, 15) is 17.6 Å². The number of nitrogens with one attached hydrogen (secondary N) is 1. The van der Waals surface area contributed by atoms with Crippen LogP contribution >= 0.6 is 0 Å². The molecule has 3 aromatic rings. The van der Waals surface area contributed by atoms with Crippen LogP contribution in [0.25, 0.3) is 5.78 Å². The molecule has 2 heterocycles. The number of rotatable bonds is 5. The van der Waals surface area contributed by atoms with Gasteiger partial charge in [0.2, 0.25) is 5.88 Å². The molecule has 0 saturated carbocycles. The lowest BCUT2D eigenvalue weighted by atomic mass is 10.2. The summed E-state index contributed by atoms with van der Waals surface area (Å²) in [7, 11) is -1.91. The molecule has 27 heavy (non-hydrogen) atoms. The fraction of sp³-hybridized carbons (Fsp3) is 0.200. The molecule has 0 spiro atoms. The number of carbonyl (C=O) groups excluding carboxylic acids is 1. The van der Waals surface area contributed by atoms with Gasteiger partial charge < -0.3 is 9.47 Å². The average Bonchev–Trinajstić information content (AvgIpc) is 3.05. The van der Waals surface area contributed by atoms with E-state index in [0.717, 1.165) is 17.7 Å². The van der Waals surface area contributed by atoms with Crippen LogP contribution in [0, 0.1) is 12.7 Å². The number of methoxy groups -OCH3 is 2. The molecule has 0 fully saturated rings. The van der Waals surface area contributed by atoms with Crippen molar-refractivity contribution in [3.05, 3.63) is 41.3 Å². The van der Waals surface area contributed by atoms with E-state index in [-0.39, 0.29) is 17.2 Å². The molecule has 1 N–H and O–H groups in total. The van der Waals surface area contributed by atoms with Crippen molar-refractivity contribution in [2.24, 2.45) is 0 Å². The number of nitrogens with zero attached hydrogens (tertiary/aromatic N) is 4. The first kappa shape index (κ1) is 18.5. The Balaban J connectivity index is 2.06. The SMILES string of the molecule is COC(=O)c1cccc(F)c1NS(=O)(=O)c1nc2nc(OC)c(C)cn2n1. The van der Waals surface area contributed by atoms with Gasteiger partial charge in [-0.1, -0.05) is 6.07 Å². The molecular weight excluding hydrogens is 381 g/mol. The van der Waals surface area contributed by atoms with E-state index in [1.165, 1.54) is 25.4 Å². The summed E-state index contributed by atoms with van der Waals surface area (Å²) in [5, 5.41) is 3.19. The highest BCUT2D eigenvalue weighted by Crippen LogP contribution is 2.24. The number of para-hydroxylation sites is 1. The van der Waals surface area contributed by atoms with Crippen LogP contribution in [0.5, 0.6) is 5.88 Å². The Labute approximate surface area is 153 Å². The maximum atomic E-state index is 14.1. The summed E-state index contributed by atoms with van der Waals surface area (Å²) >= 11 is 0. The molecule has 0 unspecified atom stereocenters. The monoisotopic (exact) mass is 395 g/mol. The molecule has 0 atom stereocenters. The van der Waals surface area contributed by atoms with E-state index in [1.807, 2.05) is 4.72 Å². The van der Waals surface area contributed by atoms with E-state index in [1.54, 1.807) is 6.92 Å². The Morgan fingerprint density at radius 1 is 1.26 bits per heavy atom. The summed E-state index contributed by atoms with van der Waals surface area (Å²) in [6, 6.07) is 3.47. The maximum Gasteiger partial charge on any atom is 0.340 e. The average molecular weight is 395 g/mol. The first-order valence-corrected chi connectivity index (χ1v) is 8.93. The number of anilines is 1. The Kier molecular flexibility index (Phi) is 4.66. The van der Waals surface area contributed by atoms with Gasteiger partial charge in [0.15, 0.2) is 0 Å². The number of carbonyl (C=O) groups is 1. The molecule has 3 rings (SSSR count). The molecule has 0 bridgehead atoms. The molecule has 142 valence electrons. The molecule has 0 saturated heterocycles. The van der Waals surface area contributed by atoms with Gasteiger partial charge in [-0.05, 0) is 19.1 Å². The van der Waals surface area contributed by atoms with Crippen LogP contribution in [0.4, 0.5) is 10.1 Å². The zero-order valence-electron chi connectivity index (χ0n) is 14.4. The van der Waals surface area contributed by atoms with Crippen molar-refractivity contribution >= 4 is 27.5 Å². The molecule has 2 aromatic heterocycles. The Hall–Kier alpha value is -3.28. The highest BCUT2D eigenvalue weighted by atomic mass is 32.2. The number of hydrogen-bond donors (Lipinski definition) is 1. The van der Waals surface area contributed by atoms with Crippen molar-refractivity contribution < 1.29 is 27.1 Å². The smallest absolute Gasteiger partial charge is 0.340 e. The van der Waals surface area contributed by atoms with Crippen molar-refractivity contribution in [2.75, 3.05) is 18.9 Å². The third-order valence-corrected chi connectivity index (χ3v) is 4.66. The van der Waals surface area contributed by atoms with Gasteiger partial charge in [0, 0.05) is 11.8 Å². The Morgan fingerprint density at radius 3 is 2.67 bits per heavy atom. The van der Waals surface area contributed by atoms with E-state index in [0.29, 0.717) is 5.56 Å². The highest BCUT2D eigenvalue weighted by Gasteiger charge is 2.26. The van der Waals surface area contributed by atoms with Crippen LogP contribution in [0.1, 0.15) is 15.9 Å². The zero-order valence-corrected chi connectivity index (χ0v) is 15.2. The zero-order chi connectivity index (χ0) is 19.8. The van der Waals surface area contributed by atoms with Crippen molar-refractivity contribution in [3.8, 4) is 5.88 Å². The molecule has 0 radical (unpaired) electrons. The number of aromatic nitrogens is 4. The topological polar surface area (TPSA) is 125 Å². The third-order valence-electron chi connectivity index (χ3n) is 3.54. The molecule has 0 aliphatic rings. The number of halogens is 1. The minimum absolute atomic E-state index is 0.0282. The van der Waals surface area contributed by atoms with Gasteiger partial charge in [-0.25, -0.2) is 13.7 Å². The van der Waals surface area contributed by atoms with Crippen molar-refractivity contribution in [3.63, 3.8) is 0 Å². The second kappa shape index (κ2) is 6.79. The summed E-state index contributed by atoms with van der Waals surface area (Å²) in [5.74, 6) is -1.63. The summed E-state index contributed by atoms with van der Waals surface area (Å²) < 4.78 is 52.1. The number of sulfonamides is 1. The molecular formula is C15H14FN5O5S. The first-order valence-electron chi connectivity index (χ1n) is 7.44. The largest absolute Gasteiger partial charge is 0.481 e. The number of aryl methyl sites for hydroxylation is 1. The van der Waals surface area contributed by atoms with Gasteiger partial charge >= 0.3 is 5.97 Å². The molecule has 0 amide bonds. The van der Waals surface area contributed by atoms with Gasteiger partial charge in [-0.2, -0.15) is 18.4 Å². The maximum absolute atomic E-state index is 14.1. The number of benzene rings is 1. The summed E-state index contributed by atoms with van der Waals surface area (Å²) in [5.41, 5.74) is -0.251. The van der Waals surface area contributed by atoms with Gasteiger partial charge in [0.25, 0.3) is 21.0 Å². The Morgan fingerprint density at radius 2 is 2.00 bits per heavy atom. The minimum atomic E-state index is -4.42. The molecule has 0 aliphatic heterocycles.